The van der Waals surface area contributed by atoms with E-state index in [2.05, 4.69) is 6.58 Å². The SMILES string of the molecule is C=Cc1ccc(N2C(=O)C3CC=C4C(CC5C(=O)N(c6ccc(F)c(Cl)c6)C(=O)C5(C)C4c4ccc(OCCO)cc4)C3C2=O)cc1. The van der Waals surface area contributed by atoms with Crippen molar-refractivity contribution >= 4 is 52.7 Å². The lowest BCUT2D eigenvalue weighted by atomic mass is 9.51. The van der Waals surface area contributed by atoms with Gasteiger partial charge in [0.1, 0.15) is 18.2 Å². The van der Waals surface area contributed by atoms with E-state index in [0.717, 1.165) is 27.7 Å². The Morgan fingerprint density at radius 3 is 2.32 bits per heavy atom. The molecule has 1 N–H and O–H groups in total. The molecule has 6 atom stereocenters. The van der Waals surface area contributed by atoms with Gasteiger partial charge in [0.25, 0.3) is 0 Å². The number of anilines is 2. The van der Waals surface area contributed by atoms with Crippen molar-refractivity contribution in [2.45, 2.75) is 25.7 Å². The largest absolute Gasteiger partial charge is 0.491 e. The Morgan fingerprint density at radius 1 is 0.957 bits per heavy atom. The molecule has 0 aromatic heterocycles. The lowest BCUT2D eigenvalue weighted by Crippen LogP contribution is -2.48. The minimum Gasteiger partial charge on any atom is -0.491 e. The number of allylic oxidation sites excluding steroid dienone is 2. The monoisotopic (exact) mass is 654 g/mol. The predicted octanol–water partition coefficient (Wildman–Crippen LogP) is 5.93. The van der Waals surface area contributed by atoms with Crippen LogP contribution < -0.4 is 14.5 Å². The van der Waals surface area contributed by atoms with Crippen LogP contribution in [0.25, 0.3) is 6.08 Å². The molecular formula is C37H32ClFN2O6. The second kappa shape index (κ2) is 11.6. The van der Waals surface area contributed by atoms with Gasteiger partial charge in [0, 0.05) is 5.92 Å². The van der Waals surface area contributed by atoms with Crippen LogP contribution in [0.5, 0.6) is 5.75 Å². The average Bonchev–Trinajstić information content (AvgIpc) is 3.45. The molecule has 10 heteroatoms. The molecule has 0 spiro atoms. The number of aliphatic hydroxyl groups is 1. The zero-order valence-corrected chi connectivity index (χ0v) is 26.3. The molecule has 2 aliphatic carbocycles. The average molecular weight is 655 g/mol. The van der Waals surface area contributed by atoms with Gasteiger partial charge in [-0.2, -0.15) is 0 Å². The van der Waals surface area contributed by atoms with Crippen molar-refractivity contribution in [1.82, 2.24) is 0 Å². The molecule has 47 heavy (non-hydrogen) atoms. The first-order valence-electron chi connectivity index (χ1n) is 15.6. The van der Waals surface area contributed by atoms with E-state index in [1.165, 1.54) is 17.0 Å². The highest BCUT2D eigenvalue weighted by atomic mass is 35.5. The molecule has 4 aliphatic rings. The molecule has 4 amide bonds. The first-order valence-corrected chi connectivity index (χ1v) is 15.9. The van der Waals surface area contributed by atoms with E-state index in [4.69, 9.17) is 16.3 Å². The Kier molecular flexibility index (Phi) is 7.64. The van der Waals surface area contributed by atoms with Crippen molar-refractivity contribution in [3.05, 3.63) is 107 Å². The van der Waals surface area contributed by atoms with Crippen LogP contribution in [-0.4, -0.2) is 41.9 Å². The standard InChI is InChI=1S/C37H32ClFN2O6/c1-3-20-4-8-22(9-5-20)40-33(43)26-14-13-25-27(31(26)35(40)45)19-28-34(44)41(23-10-15-30(39)29(38)18-23)36(46)37(28,2)32(25)21-6-11-24(12-7-21)47-17-16-42/h3-13,15,18,26-28,31-32,42H,1,14,16-17,19H2,2H3. The Morgan fingerprint density at radius 2 is 1.66 bits per heavy atom. The van der Waals surface area contributed by atoms with Crippen molar-refractivity contribution < 1.29 is 33.4 Å². The summed E-state index contributed by atoms with van der Waals surface area (Å²) in [4.78, 5) is 59.2. The smallest absolute Gasteiger partial charge is 0.241 e. The lowest BCUT2D eigenvalue weighted by Gasteiger charge is -2.49. The molecule has 2 saturated heterocycles. The molecule has 3 fully saturated rings. The number of amides is 4. The highest BCUT2D eigenvalue weighted by Gasteiger charge is 2.67. The van der Waals surface area contributed by atoms with Crippen LogP contribution in [0, 0.1) is 34.9 Å². The number of ether oxygens (including phenoxy) is 1. The second-order valence-corrected chi connectivity index (χ2v) is 13.1. The fourth-order valence-corrected chi connectivity index (χ4v) is 8.37. The maximum atomic E-state index is 14.5. The molecule has 0 radical (unpaired) electrons. The summed E-state index contributed by atoms with van der Waals surface area (Å²) in [6, 6.07) is 18.0. The number of aliphatic hydroxyl groups excluding tert-OH is 1. The van der Waals surface area contributed by atoms with Gasteiger partial charge in [0.05, 0.1) is 46.2 Å². The van der Waals surface area contributed by atoms with E-state index in [1.54, 1.807) is 49.4 Å². The number of rotatable bonds is 7. The fourth-order valence-electron chi connectivity index (χ4n) is 8.20. The zero-order valence-electron chi connectivity index (χ0n) is 25.6. The maximum absolute atomic E-state index is 14.5. The van der Waals surface area contributed by atoms with Crippen molar-refractivity contribution in [2.24, 2.45) is 29.1 Å². The lowest BCUT2D eigenvalue weighted by molar-refractivity contribution is -0.131. The minimum atomic E-state index is -1.26. The van der Waals surface area contributed by atoms with E-state index in [-0.39, 0.29) is 42.2 Å². The second-order valence-electron chi connectivity index (χ2n) is 12.7. The van der Waals surface area contributed by atoms with Crippen molar-refractivity contribution in [1.29, 1.82) is 0 Å². The molecule has 2 heterocycles. The highest BCUT2D eigenvalue weighted by molar-refractivity contribution is 6.32. The number of halogens is 2. The molecule has 2 aliphatic heterocycles. The van der Waals surface area contributed by atoms with Crippen LogP contribution in [0.15, 0.2) is 85.0 Å². The van der Waals surface area contributed by atoms with Gasteiger partial charge in [0.2, 0.25) is 23.6 Å². The van der Waals surface area contributed by atoms with Gasteiger partial charge in [-0.25, -0.2) is 9.29 Å². The zero-order chi connectivity index (χ0) is 33.2. The maximum Gasteiger partial charge on any atom is 0.241 e. The van der Waals surface area contributed by atoms with Gasteiger partial charge < -0.3 is 9.84 Å². The van der Waals surface area contributed by atoms with Gasteiger partial charge in [-0.15, -0.1) is 0 Å². The Balaban J connectivity index is 1.33. The number of imide groups is 2. The molecule has 0 bridgehead atoms. The quantitative estimate of drug-likeness (QED) is 0.250. The Hall–Kier alpha value is -4.60. The van der Waals surface area contributed by atoms with Gasteiger partial charge in [-0.3, -0.25) is 24.1 Å². The summed E-state index contributed by atoms with van der Waals surface area (Å²) in [5.41, 5.74) is 1.84. The summed E-state index contributed by atoms with van der Waals surface area (Å²) >= 11 is 6.08. The minimum absolute atomic E-state index is 0.115. The van der Waals surface area contributed by atoms with Crippen LogP contribution in [0.2, 0.25) is 5.02 Å². The van der Waals surface area contributed by atoms with Crippen LogP contribution in [0.1, 0.15) is 36.8 Å². The first kappa shape index (κ1) is 31.0. The van der Waals surface area contributed by atoms with Gasteiger partial charge in [-0.1, -0.05) is 60.2 Å². The molecule has 3 aromatic rings. The topological polar surface area (TPSA) is 104 Å². The molecule has 240 valence electrons. The summed E-state index contributed by atoms with van der Waals surface area (Å²) in [6.07, 6.45) is 4.17. The summed E-state index contributed by atoms with van der Waals surface area (Å²) in [5, 5.41) is 8.98. The molecule has 6 unspecified atom stereocenters. The third-order valence-electron chi connectivity index (χ3n) is 10.4. The van der Waals surface area contributed by atoms with Crippen LogP contribution in [0.4, 0.5) is 15.8 Å². The normalized spacial score (nSPS) is 28.2. The van der Waals surface area contributed by atoms with Crippen LogP contribution in [-0.2, 0) is 19.2 Å². The number of carbonyl (C=O) groups excluding carboxylic acids is 4. The number of fused-ring (bicyclic) bond motifs is 4. The Labute approximate surface area is 276 Å². The summed E-state index contributed by atoms with van der Waals surface area (Å²) in [6.45, 7) is 5.51. The highest BCUT2D eigenvalue weighted by Crippen LogP contribution is 2.63. The summed E-state index contributed by atoms with van der Waals surface area (Å²) in [7, 11) is 0. The predicted molar refractivity (Wildman–Crippen MR) is 174 cm³/mol. The number of carbonyl (C=O) groups is 4. The van der Waals surface area contributed by atoms with Gasteiger partial charge in [0.15, 0.2) is 0 Å². The number of nitrogens with zero attached hydrogens (tertiary/aromatic N) is 2. The molecule has 8 nitrogen and oxygen atoms in total. The van der Waals surface area contributed by atoms with E-state index in [9.17, 15) is 28.7 Å². The molecular weight excluding hydrogens is 623 g/mol. The fraction of sp³-hybridized carbons (Fsp3) is 0.297. The van der Waals surface area contributed by atoms with Gasteiger partial charge in [-0.05, 0) is 79.3 Å². The first-order chi connectivity index (χ1) is 22.6. The molecule has 1 saturated carbocycles. The van der Waals surface area contributed by atoms with Crippen molar-refractivity contribution in [2.75, 3.05) is 23.0 Å². The van der Waals surface area contributed by atoms with E-state index in [1.807, 2.05) is 18.2 Å². The number of benzene rings is 3. The molecule has 7 rings (SSSR count). The van der Waals surface area contributed by atoms with Crippen molar-refractivity contribution in [3.63, 3.8) is 0 Å². The third kappa shape index (κ3) is 4.66. The number of hydrogen-bond acceptors (Lipinski definition) is 6. The summed E-state index contributed by atoms with van der Waals surface area (Å²) in [5.74, 6) is -4.89. The van der Waals surface area contributed by atoms with Gasteiger partial charge >= 0.3 is 0 Å². The van der Waals surface area contributed by atoms with E-state index < -0.39 is 52.6 Å². The van der Waals surface area contributed by atoms with Crippen LogP contribution >= 0.6 is 11.6 Å². The summed E-state index contributed by atoms with van der Waals surface area (Å²) < 4.78 is 19.7. The number of hydrogen-bond donors (Lipinski definition) is 1. The van der Waals surface area contributed by atoms with Crippen molar-refractivity contribution in [3.8, 4) is 5.75 Å². The van der Waals surface area contributed by atoms with E-state index in [0.29, 0.717) is 17.9 Å². The van der Waals surface area contributed by atoms with Crippen LogP contribution in [0.3, 0.4) is 0 Å². The third-order valence-corrected chi connectivity index (χ3v) is 10.7. The Bertz CT molecular complexity index is 1860. The van der Waals surface area contributed by atoms with E-state index >= 15 is 0 Å². The molecule has 3 aromatic carbocycles.